The van der Waals surface area contributed by atoms with Crippen LogP contribution in [0.1, 0.15) is 30.0 Å². The van der Waals surface area contributed by atoms with Crippen LogP contribution in [0.4, 0.5) is 4.39 Å². The molecule has 1 unspecified atom stereocenters. The highest BCUT2D eigenvalue weighted by atomic mass is 19.1. The van der Waals surface area contributed by atoms with Crippen LogP contribution < -0.4 is 19.7 Å². The first-order valence-corrected chi connectivity index (χ1v) is 9.95. The molecule has 2 aromatic carbocycles. The molecule has 148 valence electrons. The monoisotopic (exact) mass is 385 g/mol. The Kier molecular flexibility index (Phi) is 5.76. The van der Waals surface area contributed by atoms with E-state index >= 15 is 0 Å². The summed E-state index contributed by atoms with van der Waals surface area (Å²) in [6.45, 7) is 3.00. The van der Waals surface area contributed by atoms with E-state index in [-0.39, 0.29) is 17.8 Å². The van der Waals surface area contributed by atoms with Gasteiger partial charge in [0, 0.05) is 24.9 Å². The fraction of sp³-hybridized carbons (Fsp3) is 0.409. The number of benzene rings is 2. The molecule has 0 spiro atoms. The second-order valence-corrected chi connectivity index (χ2v) is 7.37. The average Bonchev–Trinajstić information content (AvgIpc) is 3.17. The fourth-order valence-electron chi connectivity index (χ4n) is 4.11. The first-order chi connectivity index (χ1) is 13.7. The standard InChI is InChI=1S/C22H25FN2O3/c23-18-5-2-1-4-16(18)9-10-24-22(26)15-25-11-3-6-19(25)17-7-8-20-21(14-17)28-13-12-27-20/h1-2,4-5,7-8,14,19H,3,6,9-13,15H2,(H,24,26)/p+1/t19-/m0/s1. The molecule has 0 bridgehead atoms. The van der Waals surface area contributed by atoms with Gasteiger partial charge in [0.05, 0.1) is 6.54 Å². The van der Waals surface area contributed by atoms with Gasteiger partial charge in [-0.25, -0.2) is 4.39 Å². The fourth-order valence-corrected chi connectivity index (χ4v) is 4.11. The van der Waals surface area contributed by atoms with Gasteiger partial charge in [-0.3, -0.25) is 4.79 Å². The Morgan fingerprint density at radius 2 is 1.96 bits per heavy atom. The summed E-state index contributed by atoms with van der Waals surface area (Å²) in [5.41, 5.74) is 1.82. The van der Waals surface area contributed by atoms with Crippen molar-refractivity contribution in [1.82, 2.24) is 5.32 Å². The Hall–Kier alpha value is -2.60. The van der Waals surface area contributed by atoms with E-state index in [0.717, 1.165) is 30.9 Å². The van der Waals surface area contributed by atoms with Crippen LogP contribution in [0.15, 0.2) is 42.5 Å². The zero-order valence-electron chi connectivity index (χ0n) is 15.9. The Bertz CT molecular complexity index is 842. The van der Waals surface area contributed by atoms with E-state index in [2.05, 4.69) is 17.4 Å². The molecule has 1 saturated heterocycles. The molecule has 2 atom stereocenters. The highest BCUT2D eigenvalue weighted by Gasteiger charge is 2.32. The van der Waals surface area contributed by atoms with Crippen molar-refractivity contribution < 1.29 is 23.6 Å². The van der Waals surface area contributed by atoms with Crippen molar-refractivity contribution in [2.75, 3.05) is 32.8 Å². The summed E-state index contributed by atoms with van der Waals surface area (Å²) < 4.78 is 25.0. The van der Waals surface area contributed by atoms with E-state index in [9.17, 15) is 9.18 Å². The molecule has 1 fully saturated rings. The third kappa shape index (κ3) is 4.28. The predicted molar refractivity (Wildman–Crippen MR) is 103 cm³/mol. The quantitative estimate of drug-likeness (QED) is 0.796. The topological polar surface area (TPSA) is 52.0 Å². The largest absolute Gasteiger partial charge is 0.486 e. The van der Waals surface area contributed by atoms with Crippen molar-refractivity contribution in [2.45, 2.75) is 25.3 Å². The molecule has 0 saturated carbocycles. The van der Waals surface area contributed by atoms with Gasteiger partial charge in [0.25, 0.3) is 5.91 Å². The smallest absolute Gasteiger partial charge is 0.275 e. The van der Waals surface area contributed by atoms with Crippen LogP contribution in [0.5, 0.6) is 11.5 Å². The first-order valence-electron chi connectivity index (χ1n) is 9.95. The predicted octanol–water partition coefficient (Wildman–Crippen LogP) is 1.68. The second-order valence-electron chi connectivity index (χ2n) is 7.37. The molecule has 6 heteroatoms. The number of rotatable bonds is 6. The third-order valence-electron chi connectivity index (χ3n) is 5.51. The lowest BCUT2D eigenvalue weighted by Crippen LogP contribution is -3.11. The van der Waals surface area contributed by atoms with Crippen molar-refractivity contribution in [3.05, 3.63) is 59.4 Å². The van der Waals surface area contributed by atoms with Crippen molar-refractivity contribution in [3.8, 4) is 11.5 Å². The van der Waals surface area contributed by atoms with Crippen molar-refractivity contribution >= 4 is 5.91 Å². The molecule has 0 aromatic heterocycles. The van der Waals surface area contributed by atoms with E-state index in [4.69, 9.17) is 9.47 Å². The maximum Gasteiger partial charge on any atom is 0.275 e. The van der Waals surface area contributed by atoms with Gasteiger partial charge in [-0.2, -0.15) is 0 Å². The number of carbonyl (C=O) groups excluding carboxylic acids is 1. The molecule has 2 heterocycles. The van der Waals surface area contributed by atoms with Gasteiger partial charge in [-0.15, -0.1) is 0 Å². The Morgan fingerprint density at radius 3 is 2.82 bits per heavy atom. The lowest BCUT2D eigenvalue weighted by molar-refractivity contribution is -0.910. The lowest BCUT2D eigenvalue weighted by atomic mass is 10.0. The van der Waals surface area contributed by atoms with Gasteiger partial charge in [-0.1, -0.05) is 18.2 Å². The summed E-state index contributed by atoms with van der Waals surface area (Å²) in [7, 11) is 0. The Morgan fingerprint density at radius 1 is 1.14 bits per heavy atom. The van der Waals surface area contributed by atoms with Gasteiger partial charge < -0.3 is 19.7 Å². The normalized spacial score (nSPS) is 20.8. The number of likely N-dealkylation sites (tertiary alicyclic amines) is 1. The maximum atomic E-state index is 13.7. The van der Waals surface area contributed by atoms with Crippen molar-refractivity contribution in [2.24, 2.45) is 0 Å². The van der Waals surface area contributed by atoms with Gasteiger partial charge in [-0.05, 0) is 36.2 Å². The van der Waals surface area contributed by atoms with Gasteiger partial charge >= 0.3 is 0 Å². The van der Waals surface area contributed by atoms with Gasteiger partial charge in [0.1, 0.15) is 25.1 Å². The number of hydrogen-bond acceptors (Lipinski definition) is 3. The van der Waals surface area contributed by atoms with E-state index in [0.29, 0.717) is 38.3 Å². The summed E-state index contributed by atoms with van der Waals surface area (Å²) in [6, 6.07) is 13.1. The van der Waals surface area contributed by atoms with Crippen LogP contribution >= 0.6 is 0 Å². The molecule has 5 nitrogen and oxygen atoms in total. The summed E-state index contributed by atoms with van der Waals surface area (Å²) >= 11 is 0. The molecular weight excluding hydrogens is 359 g/mol. The summed E-state index contributed by atoms with van der Waals surface area (Å²) in [4.78, 5) is 13.7. The molecule has 2 aliphatic rings. The number of carbonyl (C=O) groups is 1. The molecule has 1 amide bonds. The van der Waals surface area contributed by atoms with Crippen LogP contribution in [-0.2, 0) is 11.2 Å². The number of hydrogen-bond donors (Lipinski definition) is 2. The number of nitrogens with one attached hydrogen (secondary N) is 2. The molecular formula is C22H26FN2O3+. The Labute approximate surface area is 164 Å². The van der Waals surface area contributed by atoms with Crippen LogP contribution in [-0.4, -0.2) is 38.8 Å². The van der Waals surface area contributed by atoms with E-state index in [1.807, 2.05) is 12.1 Å². The minimum absolute atomic E-state index is 0.00998. The molecule has 0 radical (unpaired) electrons. The third-order valence-corrected chi connectivity index (χ3v) is 5.51. The van der Waals surface area contributed by atoms with Gasteiger partial charge in [0.15, 0.2) is 18.0 Å². The van der Waals surface area contributed by atoms with Crippen LogP contribution in [0.3, 0.4) is 0 Å². The van der Waals surface area contributed by atoms with E-state index in [1.165, 1.54) is 16.5 Å². The maximum absolute atomic E-state index is 13.7. The molecule has 2 N–H and O–H groups in total. The van der Waals surface area contributed by atoms with Gasteiger partial charge in [0.2, 0.25) is 0 Å². The summed E-state index contributed by atoms with van der Waals surface area (Å²) in [5.74, 6) is 1.38. The molecule has 28 heavy (non-hydrogen) atoms. The van der Waals surface area contributed by atoms with E-state index < -0.39 is 0 Å². The summed E-state index contributed by atoms with van der Waals surface area (Å²) in [5, 5.41) is 2.94. The summed E-state index contributed by atoms with van der Waals surface area (Å²) in [6.07, 6.45) is 2.65. The highest BCUT2D eigenvalue weighted by Crippen LogP contribution is 2.33. The minimum Gasteiger partial charge on any atom is -0.486 e. The van der Waals surface area contributed by atoms with Crippen LogP contribution in [0.2, 0.25) is 0 Å². The SMILES string of the molecule is O=C(C[NH+]1CCC[C@H]1c1ccc2c(c1)OCCO2)NCCc1ccccc1F. The molecule has 0 aliphatic carbocycles. The first kappa shape index (κ1) is 18.7. The Balaban J connectivity index is 1.32. The molecule has 2 aromatic rings. The number of fused-ring (bicyclic) bond motifs is 1. The number of halogens is 1. The molecule has 4 rings (SSSR count). The number of quaternary nitrogens is 1. The highest BCUT2D eigenvalue weighted by molar-refractivity contribution is 5.76. The van der Waals surface area contributed by atoms with Crippen LogP contribution in [0.25, 0.3) is 0 Å². The minimum atomic E-state index is -0.222. The zero-order chi connectivity index (χ0) is 19.3. The number of amides is 1. The van der Waals surface area contributed by atoms with Crippen molar-refractivity contribution in [1.29, 1.82) is 0 Å². The second kappa shape index (κ2) is 8.61. The lowest BCUT2D eigenvalue weighted by Gasteiger charge is -2.24. The zero-order valence-corrected chi connectivity index (χ0v) is 15.9. The van der Waals surface area contributed by atoms with Crippen molar-refractivity contribution in [3.63, 3.8) is 0 Å². The van der Waals surface area contributed by atoms with E-state index in [1.54, 1.807) is 12.1 Å². The van der Waals surface area contributed by atoms with Crippen LogP contribution in [0, 0.1) is 5.82 Å². The number of ether oxygens (including phenoxy) is 2. The molecule has 2 aliphatic heterocycles. The average molecular weight is 385 g/mol.